The second-order valence-electron chi connectivity index (χ2n) is 2.89. The van der Waals surface area contributed by atoms with Crippen molar-refractivity contribution in [2.75, 3.05) is 0 Å². The van der Waals surface area contributed by atoms with Gasteiger partial charge in [-0.25, -0.2) is 0 Å². The van der Waals surface area contributed by atoms with E-state index < -0.39 is 0 Å². The van der Waals surface area contributed by atoms with E-state index in [1.165, 1.54) is 0 Å². The number of fused-ring (bicyclic) bond motifs is 1. The normalized spacial score (nSPS) is 19.9. The molecule has 62 valence electrons. The van der Waals surface area contributed by atoms with Crippen molar-refractivity contribution in [3.63, 3.8) is 0 Å². The predicted octanol–water partition coefficient (Wildman–Crippen LogP) is 2.45. The Labute approximate surface area is 71.1 Å². The molecule has 1 heterocycles. The maximum atomic E-state index is 9.20. The van der Waals surface area contributed by atoms with E-state index in [0.29, 0.717) is 5.75 Å². The van der Waals surface area contributed by atoms with Crippen molar-refractivity contribution in [1.82, 2.24) is 0 Å². The highest BCUT2D eigenvalue weighted by atomic mass is 16.5. The minimum atomic E-state index is 0.0885. The molecule has 1 aliphatic heterocycles. The van der Waals surface area contributed by atoms with Crippen LogP contribution in [0.5, 0.6) is 5.75 Å². The maximum Gasteiger partial charge on any atom is 0.121 e. The van der Waals surface area contributed by atoms with Gasteiger partial charge in [0.05, 0.1) is 6.26 Å². The van der Waals surface area contributed by atoms with Gasteiger partial charge >= 0.3 is 0 Å². The summed E-state index contributed by atoms with van der Waals surface area (Å²) in [5.41, 5.74) is 2.16. The number of hydrogen-bond donors (Lipinski definition) is 1. The van der Waals surface area contributed by atoms with E-state index in [2.05, 4.69) is 0 Å². The van der Waals surface area contributed by atoms with E-state index in [1.807, 2.05) is 19.1 Å². The molecule has 0 amide bonds. The van der Waals surface area contributed by atoms with Gasteiger partial charge in [0.25, 0.3) is 0 Å². The molecule has 2 heteroatoms. The van der Waals surface area contributed by atoms with E-state index in [-0.39, 0.29) is 6.10 Å². The minimum absolute atomic E-state index is 0.0885. The lowest BCUT2D eigenvalue weighted by molar-refractivity contribution is 0.162. The summed E-state index contributed by atoms with van der Waals surface area (Å²) in [5.74, 6) is 0.299. The summed E-state index contributed by atoms with van der Waals surface area (Å²) < 4.78 is 5.28. The summed E-state index contributed by atoms with van der Waals surface area (Å²) >= 11 is 0. The van der Waals surface area contributed by atoms with Gasteiger partial charge in [-0.2, -0.15) is 0 Å². The third-order valence-corrected chi connectivity index (χ3v) is 2.04. The van der Waals surface area contributed by atoms with Crippen LogP contribution in [0, 0.1) is 0 Å². The van der Waals surface area contributed by atoms with Crippen molar-refractivity contribution in [2.45, 2.75) is 13.0 Å². The highest BCUT2D eigenvalue weighted by molar-refractivity contribution is 5.57. The van der Waals surface area contributed by atoms with Gasteiger partial charge in [-0.3, -0.25) is 0 Å². The highest BCUT2D eigenvalue weighted by Crippen LogP contribution is 2.29. The van der Waals surface area contributed by atoms with Crippen molar-refractivity contribution in [3.05, 3.63) is 35.6 Å². The van der Waals surface area contributed by atoms with E-state index >= 15 is 0 Å². The lowest BCUT2D eigenvalue weighted by atomic mass is 10.0. The van der Waals surface area contributed by atoms with Gasteiger partial charge in [-0.15, -0.1) is 0 Å². The molecule has 0 spiro atoms. The molecule has 1 atom stereocenters. The van der Waals surface area contributed by atoms with Crippen molar-refractivity contribution in [3.8, 4) is 5.75 Å². The van der Waals surface area contributed by atoms with Crippen LogP contribution >= 0.6 is 0 Å². The molecule has 1 aliphatic rings. The fourth-order valence-corrected chi connectivity index (χ4v) is 1.38. The summed E-state index contributed by atoms with van der Waals surface area (Å²) in [7, 11) is 0. The van der Waals surface area contributed by atoms with Gasteiger partial charge in [0.1, 0.15) is 11.9 Å². The van der Waals surface area contributed by atoms with Crippen LogP contribution in [0.3, 0.4) is 0 Å². The first-order chi connectivity index (χ1) is 5.77. The number of benzene rings is 1. The Kier molecular flexibility index (Phi) is 1.54. The van der Waals surface area contributed by atoms with Gasteiger partial charge in [0, 0.05) is 0 Å². The Balaban J connectivity index is 2.55. The predicted molar refractivity (Wildman–Crippen MR) is 46.6 cm³/mol. The molecule has 0 aromatic heterocycles. The topological polar surface area (TPSA) is 29.5 Å². The zero-order chi connectivity index (χ0) is 8.55. The van der Waals surface area contributed by atoms with E-state index in [9.17, 15) is 5.11 Å². The van der Waals surface area contributed by atoms with Crippen LogP contribution in [0.1, 0.15) is 24.2 Å². The second kappa shape index (κ2) is 2.55. The lowest BCUT2D eigenvalue weighted by Gasteiger charge is -2.18. The van der Waals surface area contributed by atoms with Crippen LogP contribution in [0.25, 0.3) is 6.08 Å². The summed E-state index contributed by atoms with van der Waals surface area (Å²) in [6.45, 7) is 1.99. The standard InChI is InChI=1S/C10H10O2/c1-7-10-3-2-9(11)6-8(10)4-5-12-7/h2-7,11H,1H3. The molecule has 0 saturated heterocycles. The molecule has 0 aliphatic carbocycles. The Morgan fingerprint density at radius 2 is 2.25 bits per heavy atom. The van der Waals surface area contributed by atoms with Gasteiger partial charge < -0.3 is 9.84 Å². The molecule has 2 rings (SSSR count). The average Bonchev–Trinajstić information content (AvgIpc) is 2.04. The number of aromatic hydroxyl groups is 1. The van der Waals surface area contributed by atoms with Gasteiger partial charge in [0.15, 0.2) is 0 Å². The Hall–Kier alpha value is -1.44. The molecular weight excluding hydrogens is 152 g/mol. The molecule has 2 nitrogen and oxygen atoms in total. The van der Waals surface area contributed by atoms with Crippen molar-refractivity contribution in [2.24, 2.45) is 0 Å². The number of phenols is 1. The van der Waals surface area contributed by atoms with Crippen LogP contribution in [0.2, 0.25) is 0 Å². The molecule has 0 saturated carbocycles. The molecule has 12 heavy (non-hydrogen) atoms. The Morgan fingerprint density at radius 3 is 3.08 bits per heavy atom. The molecule has 0 bridgehead atoms. The first kappa shape index (κ1) is 7.22. The van der Waals surface area contributed by atoms with Crippen LogP contribution in [-0.2, 0) is 4.74 Å². The first-order valence-electron chi connectivity index (χ1n) is 3.92. The van der Waals surface area contributed by atoms with E-state index in [0.717, 1.165) is 11.1 Å². The molecular formula is C10H10O2. The quantitative estimate of drug-likeness (QED) is 0.635. The molecule has 0 radical (unpaired) electrons. The fourth-order valence-electron chi connectivity index (χ4n) is 1.38. The minimum Gasteiger partial charge on any atom is -0.508 e. The van der Waals surface area contributed by atoms with Crippen LogP contribution in [0.15, 0.2) is 24.5 Å². The third kappa shape index (κ3) is 1.05. The lowest BCUT2D eigenvalue weighted by Crippen LogP contribution is -2.01. The van der Waals surface area contributed by atoms with Crippen molar-refractivity contribution < 1.29 is 9.84 Å². The zero-order valence-corrected chi connectivity index (χ0v) is 6.82. The number of ether oxygens (including phenoxy) is 1. The van der Waals surface area contributed by atoms with Gasteiger partial charge in [0.2, 0.25) is 0 Å². The van der Waals surface area contributed by atoms with Gasteiger partial charge in [-0.05, 0) is 36.3 Å². The Morgan fingerprint density at radius 1 is 1.42 bits per heavy atom. The fraction of sp³-hybridized carbons (Fsp3) is 0.200. The highest BCUT2D eigenvalue weighted by Gasteiger charge is 2.12. The van der Waals surface area contributed by atoms with E-state index in [1.54, 1.807) is 18.4 Å². The first-order valence-corrected chi connectivity index (χ1v) is 3.92. The molecule has 1 N–H and O–H groups in total. The largest absolute Gasteiger partial charge is 0.508 e. The number of rotatable bonds is 0. The number of phenolic OH excluding ortho intramolecular Hbond substituents is 1. The van der Waals surface area contributed by atoms with Crippen LogP contribution in [0.4, 0.5) is 0 Å². The van der Waals surface area contributed by atoms with Crippen molar-refractivity contribution >= 4 is 6.08 Å². The maximum absolute atomic E-state index is 9.20. The monoisotopic (exact) mass is 162 g/mol. The molecule has 0 fully saturated rings. The Bertz CT molecular complexity index is 329. The SMILES string of the molecule is CC1OC=Cc2cc(O)ccc21. The second-order valence-corrected chi connectivity index (χ2v) is 2.89. The average molecular weight is 162 g/mol. The molecule has 1 aromatic rings. The van der Waals surface area contributed by atoms with Crippen molar-refractivity contribution in [1.29, 1.82) is 0 Å². The third-order valence-electron chi connectivity index (χ3n) is 2.04. The summed E-state index contributed by atoms with van der Waals surface area (Å²) in [4.78, 5) is 0. The number of hydrogen-bond acceptors (Lipinski definition) is 2. The molecule has 1 unspecified atom stereocenters. The zero-order valence-electron chi connectivity index (χ0n) is 6.82. The summed E-state index contributed by atoms with van der Waals surface area (Å²) in [5, 5.41) is 9.20. The smallest absolute Gasteiger partial charge is 0.121 e. The van der Waals surface area contributed by atoms with E-state index in [4.69, 9.17) is 4.74 Å². The molecule has 1 aromatic carbocycles. The van der Waals surface area contributed by atoms with Crippen LogP contribution in [-0.4, -0.2) is 5.11 Å². The summed E-state index contributed by atoms with van der Waals surface area (Å²) in [6, 6.07) is 5.31. The van der Waals surface area contributed by atoms with Gasteiger partial charge in [-0.1, -0.05) is 6.07 Å². The van der Waals surface area contributed by atoms with Crippen LogP contribution < -0.4 is 0 Å². The summed E-state index contributed by atoms with van der Waals surface area (Å²) in [6.07, 6.45) is 3.60.